The summed E-state index contributed by atoms with van der Waals surface area (Å²) in [5.41, 5.74) is 1.78. The number of hydrogen-bond acceptors (Lipinski definition) is 5. The predicted octanol–water partition coefficient (Wildman–Crippen LogP) is 1.96. The van der Waals surface area contributed by atoms with Crippen molar-refractivity contribution in [2.24, 2.45) is 0 Å². The third-order valence-electron chi connectivity index (χ3n) is 2.90. The van der Waals surface area contributed by atoms with Gasteiger partial charge < -0.3 is 5.32 Å². The number of anilines is 1. The van der Waals surface area contributed by atoms with Crippen LogP contribution in [0.3, 0.4) is 0 Å². The molecule has 0 aliphatic carbocycles. The van der Waals surface area contributed by atoms with E-state index in [1.54, 1.807) is 20.0 Å². The highest BCUT2D eigenvalue weighted by Crippen LogP contribution is 2.26. The largest absolute Gasteiger partial charge is 0.316 e. The summed E-state index contributed by atoms with van der Waals surface area (Å²) in [6.07, 6.45) is 4.10. The number of nitrogens with zero attached hydrogens (tertiary/aromatic N) is 2. The fourth-order valence-corrected chi connectivity index (χ4v) is 3.57. The van der Waals surface area contributed by atoms with Crippen LogP contribution in [0.25, 0.3) is 0 Å². The fourth-order valence-electron chi connectivity index (χ4n) is 1.92. The van der Waals surface area contributed by atoms with Gasteiger partial charge >= 0.3 is 0 Å². The number of hydrogen-bond donors (Lipinski definition) is 2. The van der Waals surface area contributed by atoms with E-state index in [1.165, 1.54) is 24.8 Å². The van der Waals surface area contributed by atoms with Crippen LogP contribution in [0.1, 0.15) is 11.1 Å². The van der Waals surface area contributed by atoms with Crippen LogP contribution in [0.5, 0.6) is 0 Å². The first-order chi connectivity index (χ1) is 9.94. The van der Waals surface area contributed by atoms with E-state index in [-0.39, 0.29) is 4.90 Å². The molecule has 0 unspecified atom stereocenters. The fraction of sp³-hybridized carbons (Fsp3) is 0.231. The maximum absolute atomic E-state index is 12.5. The molecule has 0 spiro atoms. The average molecular weight is 327 g/mol. The van der Waals surface area contributed by atoms with Gasteiger partial charge in [0.2, 0.25) is 0 Å². The highest BCUT2D eigenvalue weighted by Gasteiger charge is 2.20. The molecule has 0 radical (unpaired) electrons. The van der Waals surface area contributed by atoms with E-state index in [0.717, 1.165) is 5.56 Å². The second-order valence-electron chi connectivity index (χ2n) is 4.45. The highest BCUT2D eigenvalue weighted by molar-refractivity contribution is 7.92. The molecule has 0 aliphatic heterocycles. The Labute approximate surface area is 128 Å². The van der Waals surface area contributed by atoms with Gasteiger partial charge in [0.1, 0.15) is 6.33 Å². The van der Waals surface area contributed by atoms with Gasteiger partial charge in [-0.05, 0) is 37.2 Å². The molecule has 6 nitrogen and oxygen atoms in total. The van der Waals surface area contributed by atoms with Gasteiger partial charge in [0.05, 0.1) is 23.0 Å². The Morgan fingerprint density at radius 1 is 1.24 bits per heavy atom. The average Bonchev–Trinajstić information content (AvgIpc) is 2.43. The Morgan fingerprint density at radius 3 is 2.52 bits per heavy atom. The molecule has 0 saturated heterocycles. The quantitative estimate of drug-likeness (QED) is 0.877. The van der Waals surface area contributed by atoms with Crippen molar-refractivity contribution in [3.8, 4) is 0 Å². The predicted molar refractivity (Wildman–Crippen MR) is 81.8 cm³/mol. The zero-order chi connectivity index (χ0) is 15.5. The van der Waals surface area contributed by atoms with Gasteiger partial charge in [0.25, 0.3) is 10.0 Å². The van der Waals surface area contributed by atoms with E-state index in [1.807, 2.05) is 0 Å². The molecule has 0 bridgehead atoms. The molecule has 0 atom stereocenters. The van der Waals surface area contributed by atoms with Crippen LogP contribution in [0.2, 0.25) is 5.02 Å². The van der Waals surface area contributed by atoms with Crippen molar-refractivity contribution in [1.29, 1.82) is 0 Å². The van der Waals surface area contributed by atoms with Crippen LogP contribution in [0.4, 0.5) is 5.69 Å². The summed E-state index contributed by atoms with van der Waals surface area (Å²) in [7, 11) is -1.96. The molecule has 21 heavy (non-hydrogen) atoms. The van der Waals surface area contributed by atoms with Gasteiger partial charge in [0.15, 0.2) is 0 Å². The van der Waals surface area contributed by atoms with Crippen LogP contribution in [0, 0.1) is 6.92 Å². The van der Waals surface area contributed by atoms with Crippen LogP contribution in [-0.2, 0) is 16.6 Å². The zero-order valence-electron chi connectivity index (χ0n) is 11.6. The first kappa shape index (κ1) is 15.7. The summed E-state index contributed by atoms with van der Waals surface area (Å²) >= 11 is 6.02. The van der Waals surface area contributed by atoms with E-state index in [4.69, 9.17) is 11.6 Å². The zero-order valence-corrected chi connectivity index (χ0v) is 13.2. The third kappa shape index (κ3) is 3.69. The van der Waals surface area contributed by atoms with Gasteiger partial charge in [-0.3, -0.25) is 4.72 Å². The van der Waals surface area contributed by atoms with Crippen LogP contribution < -0.4 is 10.0 Å². The molecule has 2 aromatic rings. The van der Waals surface area contributed by atoms with Crippen molar-refractivity contribution in [2.75, 3.05) is 11.8 Å². The molecule has 2 rings (SSSR count). The van der Waals surface area contributed by atoms with E-state index < -0.39 is 10.0 Å². The van der Waals surface area contributed by atoms with Crippen molar-refractivity contribution in [3.63, 3.8) is 0 Å². The van der Waals surface area contributed by atoms with E-state index in [9.17, 15) is 8.42 Å². The highest BCUT2D eigenvalue weighted by atomic mass is 35.5. The van der Waals surface area contributed by atoms with E-state index in [2.05, 4.69) is 20.0 Å². The second kappa shape index (κ2) is 6.38. The minimum atomic E-state index is -3.75. The van der Waals surface area contributed by atoms with Crippen molar-refractivity contribution in [3.05, 3.63) is 47.0 Å². The molecule has 0 aliphatic rings. The Bertz CT molecular complexity index is 735. The topological polar surface area (TPSA) is 84.0 Å². The van der Waals surface area contributed by atoms with Crippen molar-refractivity contribution in [2.45, 2.75) is 18.4 Å². The lowest BCUT2D eigenvalue weighted by atomic mass is 10.1. The molecule has 1 heterocycles. The Kier molecular flexibility index (Phi) is 4.76. The van der Waals surface area contributed by atoms with Crippen molar-refractivity contribution < 1.29 is 8.42 Å². The number of nitrogens with one attached hydrogen (secondary N) is 2. The first-order valence-corrected chi connectivity index (χ1v) is 8.01. The number of rotatable bonds is 5. The van der Waals surface area contributed by atoms with Gasteiger partial charge in [-0.1, -0.05) is 11.6 Å². The molecular formula is C13H15ClN4O2S. The molecule has 8 heteroatoms. The SMILES string of the molecule is CNCc1cc(Cl)cc(S(=O)(=O)Nc2cncnc2)c1C. The van der Waals surface area contributed by atoms with Crippen molar-refractivity contribution in [1.82, 2.24) is 15.3 Å². The molecule has 112 valence electrons. The molecule has 1 aromatic heterocycles. The summed E-state index contributed by atoms with van der Waals surface area (Å²) in [5, 5.41) is 3.36. The van der Waals surface area contributed by atoms with Crippen molar-refractivity contribution >= 4 is 27.3 Å². The monoisotopic (exact) mass is 326 g/mol. The lowest BCUT2D eigenvalue weighted by molar-refractivity contribution is 0.600. The Hall–Kier alpha value is -1.70. The lowest BCUT2D eigenvalue weighted by Gasteiger charge is -2.14. The van der Waals surface area contributed by atoms with Crippen LogP contribution >= 0.6 is 11.6 Å². The summed E-state index contributed by atoms with van der Waals surface area (Å²) in [6.45, 7) is 2.28. The Morgan fingerprint density at radius 2 is 1.90 bits per heavy atom. The smallest absolute Gasteiger partial charge is 0.262 e. The summed E-state index contributed by atoms with van der Waals surface area (Å²) in [6, 6.07) is 3.18. The standard InChI is InChI=1S/C13H15ClN4O2S/c1-9-10(5-15-2)3-11(14)4-13(9)21(19,20)18-12-6-16-8-17-7-12/h3-4,6-8,15,18H,5H2,1-2H3. The Balaban J connectivity index is 2.45. The lowest BCUT2D eigenvalue weighted by Crippen LogP contribution is -2.16. The second-order valence-corrected chi connectivity index (χ2v) is 6.54. The molecule has 0 amide bonds. The van der Waals surface area contributed by atoms with Crippen LogP contribution in [-0.4, -0.2) is 25.4 Å². The number of sulfonamides is 1. The molecule has 0 saturated carbocycles. The molecule has 1 aromatic carbocycles. The van der Waals surface area contributed by atoms with E-state index >= 15 is 0 Å². The maximum Gasteiger partial charge on any atom is 0.262 e. The van der Waals surface area contributed by atoms with Gasteiger partial charge in [-0.15, -0.1) is 0 Å². The summed E-state index contributed by atoms with van der Waals surface area (Å²) in [5.74, 6) is 0. The van der Waals surface area contributed by atoms with Crippen LogP contribution in [0.15, 0.2) is 35.7 Å². The maximum atomic E-state index is 12.5. The van der Waals surface area contributed by atoms with Gasteiger partial charge in [0, 0.05) is 11.6 Å². The van der Waals surface area contributed by atoms with Gasteiger partial charge in [-0.25, -0.2) is 18.4 Å². The first-order valence-electron chi connectivity index (χ1n) is 6.15. The number of aromatic nitrogens is 2. The van der Waals surface area contributed by atoms with E-state index in [0.29, 0.717) is 22.8 Å². The molecule has 2 N–H and O–H groups in total. The summed E-state index contributed by atoms with van der Waals surface area (Å²) < 4.78 is 27.4. The van der Waals surface area contributed by atoms with Gasteiger partial charge in [-0.2, -0.15) is 0 Å². The third-order valence-corrected chi connectivity index (χ3v) is 4.63. The summed E-state index contributed by atoms with van der Waals surface area (Å²) in [4.78, 5) is 7.69. The minimum absolute atomic E-state index is 0.143. The molecule has 0 fully saturated rings. The number of benzene rings is 1. The minimum Gasteiger partial charge on any atom is -0.316 e. The molecular weight excluding hydrogens is 312 g/mol. The normalized spacial score (nSPS) is 11.4. The number of halogens is 1.